The Morgan fingerprint density at radius 1 is 1.47 bits per heavy atom. The number of hydrogen-bond donors (Lipinski definition) is 1. The molecule has 0 aromatic rings. The molecule has 0 aromatic carbocycles. The van der Waals surface area contributed by atoms with E-state index < -0.39 is 14.6 Å². The predicted octanol–water partition coefficient (Wildman–Crippen LogP) is -0.299. The lowest BCUT2D eigenvalue weighted by Gasteiger charge is -2.38. The van der Waals surface area contributed by atoms with Crippen molar-refractivity contribution >= 4 is 15.8 Å². The van der Waals surface area contributed by atoms with Gasteiger partial charge in [-0.2, -0.15) is 0 Å². The molecule has 0 spiro atoms. The molecule has 0 saturated carbocycles. The summed E-state index contributed by atoms with van der Waals surface area (Å²) in [6.45, 7) is 4.52. The first-order chi connectivity index (χ1) is 6.84. The van der Waals surface area contributed by atoms with Crippen molar-refractivity contribution in [2.24, 2.45) is 4.99 Å². The smallest absolute Gasteiger partial charge is 0.193 e. The van der Waals surface area contributed by atoms with Gasteiger partial charge in [0, 0.05) is 27.2 Å². The number of nitrogens with one attached hydrogen (secondary N) is 1. The molecule has 6 heteroatoms. The lowest BCUT2D eigenvalue weighted by Crippen LogP contribution is -2.56. The Balaban J connectivity index is 2.88. The highest BCUT2D eigenvalue weighted by atomic mass is 32.2. The van der Waals surface area contributed by atoms with E-state index in [0.29, 0.717) is 13.1 Å². The SMILES string of the molecule is CN=C(NC)N1CCS(=O)(=O)C(C)(C)C1. The molecular weight excluding hydrogens is 214 g/mol. The van der Waals surface area contributed by atoms with Crippen LogP contribution in [0, 0.1) is 0 Å². The number of rotatable bonds is 0. The van der Waals surface area contributed by atoms with Crippen molar-refractivity contribution in [1.29, 1.82) is 0 Å². The largest absolute Gasteiger partial charge is 0.359 e. The van der Waals surface area contributed by atoms with Gasteiger partial charge in [0.2, 0.25) is 0 Å². The van der Waals surface area contributed by atoms with Gasteiger partial charge in [-0.15, -0.1) is 0 Å². The normalized spacial score (nSPS) is 25.1. The first-order valence-corrected chi connectivity index (χ1v) is 6.61. The molecule has 0 amide bonds. The van der Waals surface area contributed by atoms with E-state index in [2.05, 4.69) is 10.3 Å². The van der Waals surface area contributed by atoms with E-state index >= 15 is 0 Å². The molecule has 1 saturated heterocycles. The summed E-state index contributed by atoms with van der Waals surface area (Å²) >= 11 is 0. The minimum atomic E-state index is -2.97. The molecule has 0 aromatic heterocycles. The van der Waals surface area contributed by atoms with Crippen LogP contribution in [0.25, 0.3) is 0 Å². The maximum atomic E-state index is 11.8. The van der Waals surface area contributed by atoms with Gasteiger partial charge < -0.3 is 10.2 Å². The van der Waals surface area contributed by atoms with Gasteiger partial charge in [-0.1, -0.05) is 0 Å². The Kier molecular flexibility index (Phi) is 3.28. The van der Waals surface area contributed by atoms with Gasteiger partial charge in [-0.05, 0) is 13.8 Å². The Hall–Kier alpha value is -0.780. The van der Waals surface area contributed by atoms with Crippen LogP contribution < -0.4 is 5.32 Å². The summed E-state index contributed by atoms with van der Waals surface area (Å²) in [4.78, 5) is 6.05. The van der Waals surface area contributed by atoms with Crippen LogP contribution in [0.1, 0.15) is 13.8 Å². The summed E-state index contributed by atoms with van der Waals surface area (Å²) in [5.74, 6) is 0.943. The summed E-state index contributed by atoms with van der Waals surface area (Å²) in [7, 11) is 0.518. The molecule has 1 aliphatic rings. The Morgan fingerprint density at radius 3 is 2.47 bits per heavy atom. The fraction of sp³-hybridized carbons (Fsp3) is 0.889. The maximum absolute atomic E-state index is 11.8. The third kappa shape index (κ3) is 2.25. The molecule has 88 valence electrons. The van der Waals surface area contributed by atoms with Crippen LogP contribution in [0.3, 0.4) is 0 Å². The number of sulfone groups is 1. The van der Waals surface area contributed by atoms with Gasteiger partial charge >= 0.3 is 0 Å². The highest BCUT2D eigenvalue weighted by Gasteiger charge is 2.40. The Labute approximate surface area is 91.5 Å². The second kappa shape index (κ2) is 4.00. The predicted molar refractivity (Wildman–Crippen MR) is 61.9 cm³/mol. The quantitative estimate of drug-likeness (QED) is 0.461. The molecule has 1 rings (SSSR count). The standard InChI is InChI=1S/C9H19N3O2S/c1-9(2)7-12(8(10-3)11-4)5-6-15(9,13)14/h5-7H2,1-4H3,(H,10,11). The molecule has 5 nitrogen and oxygen atoms in total. The van der Waals surface area contributed by atoms with Crippen LogP contribution in [-0.4, -0.2) is 57.0 Å². The average Bonchev–Trinajstić information content (AvgIpc) is 2.13. The first kappa shape index (κ1) is 12.3. The van der Waals surface area contributed by atoms with Crippen LogP contribution >= 0.6 is 0 Å². The topological polar surface area (TPSA) is 61.8 Å². The molecule has 1 fully saturated rings. The second-order valence-corrected chi connectivity index (χ2v) is 7.04. The van der Waals surface area contributed by atoms with Gasteiger partial charge in [0.15, 0.2) is 15.8 Å². The van der Waals surface area contributed by atoms with Crippen LogP contribution in [-0.2, 0) is 9.84 Å². The van der Waals surface area contributed by atoms with E-state index in [0.717, 1.165) is 5.96 Å². The molecule has 0 atom stereocenters. The van der Waals surface area contributed by atoms with Gasteiger partial charge in [-0.3, -0.25) is 4.99 Å². The fourth-order valence-corrected chi connectivity index (χ4v) is 3.10. The fourth-order valence-electron chi connectivity index (χ4n) is 1.74. The molecule has 1 heterocycles. The van der Waals surface area contributed by atoms with Crippen molar-refractivity contribution in [3.63, 3.8) is 0 Å². The van der Waals surface area contributed by atoms with Crippen LogP contribution in [0.2, 0.25) is 0 Å². The number of nitrogens with zero attached hydrogens (tertiary/aromatic N) is 2. The molecule has 1 aliphatic heterocycles. The van der Waals surface area contributed by atoms with Gasteiger partial charge in [0.25, 0.3) is 0 Å². The van der Waals surface area contributed by atoms with E-state index in [1.807, 2.05) is 4.90 Å². The van der Waals surface area contributed by atoms with Crippen molar-refractivity contribution in [1.82, 2.24) is 10.2 Å². The first-order valence-electron chi connectivity index (χ1n) is 4.96. The second-order valence-electron chi connectivity index (χ2n) is 4.30. The molecule has 15 heavy (non-hydrogen) atoms. The van der Waals surface area contributed by atoms with E-state index in [1.54, 1.807) is 27.9 Å². The summed E-state index contributed by atoms with van der Waals surface area (Å²) in [6.07, 6.45) is 0. The van der Waals surface area contributed by atoms with Crippen molar-refractivity contribution in [3.8, 4) is 0 Å². The van der Waals surface area contributed by atoms with E-state index in [9.17, 15) is 8.42 Å². The third-order valence-corrected chi connectivity index (χ3v) is 5.31. The minimum Gasteiger partial charge on any atom is -0.359 e. The van der Waals surface area contributed by atoms with Crippen molar-refractivity contribution < 1.29 is 8.42 Å². The highest BCUT2D eigenvalue weighted by molar-refractivity contribution is 7.92. The average molecular weight is 233 g/mol. The lowest BCUT2D eigenvalue weighted by molar-refractivity contribution is 0.355. The van der Waals surface area contributed by atoms with E-state index in [-0.39, 0.29) is 5.75 Å². The van der Waals surface area contributed by atoms with Crippen molar-refractivity contribution in [2.75, 3.05) is 32.9 Å². The van der Waals surface area contributed by atoms with E-state index in [1.165, 1.54) is 0 Å². The monoisotopic (exact) mass is 233 g/mol. The minimum absolute atomic E-state index is 0.195. The maximum Gasteiger partial charge on any atom is 0.193 e. The zero-order valence-corrected chi connectivity index (χ0v) is 10.6. The molecule has 0 aliphatic carbocycles. The molecule has 1 N–H and O–H groups in total. The van der Waals surface area contributed by atoms with E-state index in [4.69, 9.17) is 0 Å². The zero-order chi connectivity index (χ0) is 11.7. The Morgan fingerprint density at radius 2 is 2.07 bits per heavy atom. The van der Waals surface area contributed by atoms with Crippen LogP contribution in [0.5, 0.6) is 0 Å². The van der Waals surface area contributed by atoms with Gasteiger partial charge in [-0.25, -0.2) is 8.42 Å². The lowest BCUT2D eigenvalue weighted by atomic mass is 10.2. The highest BCUT2D eigenvalue weighted by Crippen LogP contribution is 2.23. The number of aliphatic imine (C=N–C) groups is 1. The molecule has 0 unspecified atom stereocenters. The summed E-state index contributed by atoms with van der Waals surface area (Å²) in [6, 6.07) is 0. The van der Waals surface area contributed by atoms with Crippen molar-refractivity contribution in [3.05, 3.63) is 0 Å². The summed E-state index contributed by atoms with van der Waals surface area (Å²) < 4.78 is 22.8. The zero-order valence-electron chi connectivity index (χ0n) is 9.74. The van der Waals surface area contributed by atoms with Crippen LogP contribution in [0.15, 0.2) is 4.99 Å². The summed E-state index contributed by atoms with van der Waals surface area (Å²) in [5, 5.41) is 2.97. The van der Waals surface area contributed by atoms with Crippen LogP contribution in [0.4, 0.5) is 0 Å². The van der Waals surface area contributed by atoms with Gasteiger partial charge in [0.1, 0.15) is 0 Å². The van der Waals surface area contributed by atoms with Gasteiger partial charge in [0.05, 0.1) is 10.5 Å². The number of hydrogen-bond acceptors (Lipinski definition) is 3. The molecule has 0 bridgehead atoms. The molecule has 0 radical (unpaired) electrons. The Bertz CT molecular complexity index is 360. The summed E-state index contributed by atoms with van der Waals surface area (Å²) in [5.41, 5.74) is 0. The molecular formula is C9H19N3O2S. The van der Waals surface area contributed by atoms with Crippen molar-refractivity contribution in [2.45, 2.75) is 18.6 Å². The third-order valence-electron chi connectivity index (χ3n) is 2.78. The number of guanidine groups is 1.